The molecule has 112 valence electrons. The van der Waals surface area contributed by atoms with Gasteiger partial charge < -0.3 is 15.6 Å². The van der Waals surface area contributed by atoms with Gasteiger partial charge in [0.25, 0.3) is 0 Å². The summed E-state index contributed by atoms with van der Waals surface area (Å²) in [5, 5.41) is 8.92. The molecule has 0 radical (unpaired) electrons. The molecule has 0 saturated carbocycles. The number of hydrogen-bond acceptors (Lipinski definition) is 3. The number of carboxylic acid groups (broad SMARTS) is 1. The lowest BCUT2D eigenvalue weighted by Gasteiger charge is -2.09. The van der Waals surface area contributed by atoms with Crippen molar-refractivity contribution in [1.29, 1.82) is 0 Å². The van der Waals surface area contributed by atoms with Gasteiger partial charge in [-0.2, -0.15) is 0 Å². The van der Waals surface area contributed by atoms with Crippen LogP contribution in [0.15, 0.2) is 12.1 Å². The van der Waals surface area contributed by atoms with Crippen LogP contribution in [0, 0.1) is 5.82 Å². The molecular formula is C15H22FNO3. The van der Waals surface area contributed by atoms with Crippen LogP contribution in [-0.4, -0.2) is 17.7 Å². The third-order valence-electron chi connectivity index (χ3n) is 3.09. The van der Waals surface area contributed by atoms with E-state index in [0.717, 1.165) is 31.4 Å². The third-order valence-corrected chi connectivity index (χ3v) is 3.09. The number of benzene rings is 1. The number of hydrogen-bond donors (Lipinski definition) is 2. The van der Waals surface area contributed by atoms with Gasteiger partial charge in [-0.1, -0.05) is 39.0 Å². The van der Waals surface area contributed by atoms with E-state index < -0.39 is 11.8 Å². The molecule has 0 bridgehead atoms. The molecule has 4 nitrogen and oxygen atoms in total. The Morgan fingerprint density at radius 2 is 1.90 bits per heavy atom. The van der Waals surface area contributed by atoms with E-state index in [1.807, 2.05) is 0 Å². The Morgan fingerprint density at radius 1 is 1.25 bits per heavy atom. The lowest BCUT2D eigenvalue weighted by Crippen LogP contribution is -2.06. The largest absolute Gasteiger partial charge is 0.490 e. The van der Waals surface area contributed by atoms with E-state index in [-0.39, 0.29) is 17.0 Å². The average molecular weight is 283 g/mol. The van der Waals surface area contributed by atoms with Crippen LogP contribution in [0.1, 0.15) is 55.8 Å². The van der Waals surface area contributed by atoms with Crippen molar-refractivity contribution in [3.05, 3.63) is 23.5 Å². The summed E-state index contributed by atoms with van der Waals surface area (Å²) in [4.78, 5) is 10.9. The summed E-state index contributed by atoms with van der Waals surface area (Å²) in [5.41, 5.74) is 5.21. The first kappa shape index (κ1) is 16.3. The fourth-order valence-electron chi connectivity index (χ4n) is 1.93. The first-order valence-corrected chi connectivity index (χ1v) is 7.01. The fourth-order valence-corrected chi connectivity index (χ4v) is 1.93. The lowest BCUT2D eigenvalue weighted by molar-refractivity contribution is 0.0697. The normalized spacial score (nSPS) is 10.5. The second-order valence-electron chi connectivity index (χ2n) is 4.79. The van der Waals surface area contributed by atoms with E-state index in [1.165, 1.54) is 19.3 Å². The first-order valence-electron chi connectivity index (χ1n) is 7.01. The molecule has 0 unspecified atom stereocenters. The van der Waals surface area contributed by atoms with Gasteiger partial charge in [-0.05, 0) is 12.5 Å². The Bertz CT molecular complexity index is 449. The van der Waals surface area contributed by atoms with Gasteiger partial charge in [0, 0.05) is 11.8 Å². The Kier molecular flexibility index (Phi) is 6.84. The zero-order chi connectivity index (χ0) is 15.0. The minimum absolute atomic E-state index is 0.0508. The molecule has 1 aromatic carbocycles. The maximum atomic E-state index is 13.6. The number of nitrogens with two attached hydrogens (primary N) is 1. The molecule has 3 N–H and O–H groups in total. The molecule has 0 atom stereocenters. The van der Waals surface area contributed by atoms with E-state index in [1.54, 1.807) is 0 Å². The van der Waals surface area contributed by atoms with Crippen molar-refractivity contribution in [2.45, 2.75) is 45.4 Å². The summed E-state index contributed by atoms with van der Waals surface area (Å²) in [6.45, 7) is 2.54. The standard InChI is InChI=1S/C15H22FNO3/c1-2-3-4-5-6-7-8-20-14-9-11(15(18)19)13(17)10-12(14)16/h9-10H,2-8,17H2,1H3,(H,18,19). The van der Waals surface area contributed by atoms with Gasteiger partial charge in [-0.15, -0.1) is 0 Å². The van der Waals surface area contributed by atoms with Crippen LogP contribution in [0.4, 0.5) is 10.1 Å². The average Bonchev–Trinajstić information content (AvgIpc) is 2.39. The Labute approximate surface area is 118 Å². The lowest BCUT2D eigenvalue weighted by atomic mass is 10.1. The maximum Gasteiger partial charge on any atom is 0.337 e. The molecule has 0 aliphatic heterocycles. The highest BCUT2D eigenvalue weighted by molar-refractivity contribution is 5.94. The van der Waals surface area contributed by atoms with Gasteiger partial charge in [0.1, 0.15) is 0 Å². The number of halogens is 1. The molecule has 1 aromatic rings. The van der Waals surface area contributed by atoms with Crippen molar-refractivity contribution in [1.82, 2.24) is 0 Å². The van der Waals surface area contributed by atoms with Crippen molar-refractivity contribution >= 4 is 11.7 Å². The Morgan fingerprint density at radius 3 is 2.55 bits per heavy atom. The molecule has 0 aromatic heterocycles. The van der Waals surface area contributed by atoms with Gasteiger partial charge in [0.15, 0.2) is 11.6 Å². The summed E-state index contributed by atoms with van der Waals surface area (Å²) < 4.78 is 18.9. The van der Waals surface area contributed by atoms with Gasteiger partial charge >= 0.3 is 5.97 Å². The Balaban J connectivity index is 2.44. The quantitative estimate of drug-likeness (QED) is 0.533. The van der Waals surface area contributed by atoms with Crippen molar-refractivity contribution in [3.63, 3.8) is 0 Å². The zero-order valence-electron chi connectivity index (χ0n) is 11.8. The van der Waals surface area contributed by atoms with Crippen molar-refractivity contribution in [2.75, 3.05) is 12.3 Å². The number of rotatable bonds is 9. The van der Waals surface area contributed by atoms with Crippen molar-refractivity contribution in [2.24, 2.45) is 0 Å². The molecule has 0 aliphatic carbocycles. The number of anilines is 1. The van der Waals surface area contributed by atoms with Crippen LogP contribution in [0.25, 0.3) is 0 Å². The second-order valence-corrected chi connectivity index (χ2v) is 4.79. The minimum atomic E-state index is -1.19. The van der Waals surface area contributed by atoms with Crippen molar-refractivity contribution < 1.29 is 19.0 Å². The minimum Gasteiger partial charge on any atom is -0.490 e. The molecule has 0 fully saturated rings. The van der Waals surface area contributed by atoms with Gasteiger partial charge in [-0.25, -0.2) is 9.18 Å². The van der Waals surface area contributed by atoms with Gasteiger partial charge in [0.2, 0.25) is 0 Å². The maximum absolute atomic E-state index is 13.6. The molecule has 20 heavy (non-hydrogen) atoms. The molecule has 0 saturated heterocycles. The molecule has 0 spiro atoms. The SMILES string of the molecule is CCCCCCCCOc1cc(C(=O)O)c(N)cc1F. The summed E-state index contributed by atoms with van der Waals surface area (Å²) >= 11 is 0. The predicted molar refractivity (Wildman–Crippen MR) is 76.6 cm³/mol. The molecule has 0 heterocycles. The summed E-state index contributed by atoms with van der Waals surface area (Å²) in [7, 11) is 0. The van der Waals surface area contributed by atoms with Crippen LogP contribution in [-0.2, 0) is 0 Å². The fraction of sp³-hybridized carbons (Fsp3) is 0.533. The van der Waals surface area contributed by atoms with E-state index >= 15 is 0 Å². The number of unbranched alkanes of at least 4 members (excludes halogenated alkanes) is 5. The highest BCUT2D eigenvalue weighted by atomic mass is 19.1. The van der Waals surface area contributed by atoms with Crippen LogP contribution in [0.5, 0.6) is 5.75 Å². The summed E-state index contributed by atoms with van der Waals surface area (Å²) in [5.74, 6) is -1.87. The predicted octanol–water partition coefficient (Wildman–Crippen LogP) is 3.85. The second kappa shape index (κ2) is 8.40. The number of carbonyl (C=O) groups is 1. The number of ether oxygens (including phenoxy) is 1. The van der Waals surface area contributed by atoms with E-state index in [0.29, 0.717) is 6.61 Å². The number of carboxylic acids is 1. The van der Waals surface area contributed by atoms with Crippen molar-refractivity contribution in [3.8, 4) is 5.75 Å². The third kappa shape index (κ3) is 5.07. The summed E-state index contributed by atoms with van der Waals surface area (Å²) in [6.07, 6.45) is 6.64. The molecule has 0 aliphatic rings. The van der Waals surface area contributed by atoms with E-state index in [4.69, 9.17) is 15.6 Å². The van der Waals surface area contributed by atoms with Crippen LogP contribution < -0.4 is 10.5 Å². The van der Waals surface area contributed by atoms with E-state index in [2.05, 4.69) is 6.92 Å². The van der Waals surface area contributed by atoms with Crippen LogP contribution >= 0.6 is 0 Å². The Hall–Kier alpha value is -1.78. The topological polar surface area (TPSA) is 72.5 Å². The summed E-state index contributed by atoms with van der Waals surface area (Å²) in [6, 6.07) is 2.13. The number of nitrogen functional groups attached to an aromatic ring is 1. The smallest absolute Gasteiger partial charge is 0.337 e. The van der Waals surface area contributed by atoms with Gasteiger partial charge in [0.05, 0.1) is 12.2 Å². The molecule has 1 rings (SSSR count). The molecular weight excluding hydrogens is 261 g/mol. The van der Waals surface area contributed by atoms with Gasteiger partial charge in [-0.3, -0.25) is 0 Å². The highest BCUT2D eigenvalue weighted by Gasteiger charge is 2.14. The zero-order valence-corrected chi connectivity index (χ0v) is 11.8. The number of aromatic carboxylic acids is 1. The molecule has 5 heteroatoms. The monoisotopic (exact) mass is 283 g/mol. The van der Waals surface area contributed by atoms with Crippen LogP contribution in [0.2, 0.25) is 0 Å². The van der Waals surface area contributed by atoms with Crippen LogP contribution in [0.3, 0.4) is 0 Å². The molecule has 0 amide bonds. The highest BCUT2D eigenvalue weighted by Crippen LogP contribution is 2.24. The first-order chi connectivity index (χ1) is 9.56. The van der Waals surface area contributed by atoms with E-state index in [9.17, 15) is 9.18 Å².